The van der Waals surface area contributed by atoms with Gasteiger partial charge in [-0.3, -0.25) is 4.79 Å². The Morgan fingerprint density at radius 2 is 1.82 bits per heavy atom. The van der Waals surface area contributed by atoms with E-state index < -0.39 is 12.0 Å². The molecule has 122 valence electrons. The molecule has 5 heteroatoms. The smallest absolute Gasteiger partial charge is 0.230 e. The van der Waals surface area contributed by atoms with Gasteiger partial charge < -0.3 is 20.5 Å². The predicted octanol–water partition coefficient (Wildman–Crippen LogP) is 0.422. The van der Waals surface area contributed by atoms with Gasteiger partial charge in [0.05, 0.1) is 18.9 Å². The number of carboxylic acid groups (broad SMARTS) is 1. The summed E-state index contributed by atoms with van der Waals surface area (Å²) in [5.41, 5.74) is 3.85. The van der Waals surface area contributed by atoms with E-state index in [1.54, 1.807) is 5.32 Å². The summed E-state index contributed by atoms with van der Waals surface area (Å²) in [5.74, 6) is -1.49. The van der Waals surface area contributed by atoms with E-state index >= 15 is 0 Å². The molecule has 0 aliphatic rings. The van der Waals surface area contributed by atoms with Gasteiger partial charge in [0.15, 0.2) is 0 Å². The van der Waals surface area contributed by atoms with E-state index in [4.69, 9.17) is 0 Å². The predicted molar refractivity (Wildman–Crippen MR) is 84.4 cm³/mol. The minimum Gasteiger partial charge on any atom is -0.544 e. The third-order valence-electron chi connectivity index (χ3n) is 3.66. The lowest BCUT2D eigenvalue weighted by Gasteiger charge is -2.18. The highest BCUT2D eigenvalue weighted by Crippen LogP contribution is 2.22. The maximum atomic E-state index is 12.1. The number of unbranched alkanes of at least 4 members (excludes halogenated alkanes) is 1. The number of carbonyl (C=O) groups excluding carboxylic acids is 2. The minimum atomic E-state index is -1.19. The van der Waals surface area contributed by atoms with E-state index in [2.05, 4.69) is 5.32 Å². The van der Waals surface area contributed by atoms with Crippen molar-refractivity contribution in [3.63, 3.8) is 0 Å². The Hall–Kier alpha value is -1.88. The van der Waals surface area contributed by atoms with Crippen LogP contribution in [0.15, 0.2) is 12.1 Å². The third kappa shape index (κ3) is 5.48. The Morgan fingerprint density at radius 3 is 2.32 bits per heavy atom. The van der Waals surface area contributed by atoms with Gasteiger partial charge in [0, 0.05) is 5.69 Å². The highest BCUT2D eigenvalue weighted by atomic mass is 16.4. The Morgan fingerprint density at radius 1 is 1.23 bits per heavy atom. The Balaban J connectivity index is 2.70. The van der Waals surface area contributed by atoms with Crippen LogP contribution in [0.1, 0.15) is 42.9 Å². The molecule has 0 aromatic heterocycles. The van der Waals surface area contributed by atoms with Crippen LogP contribution >= 0.6 is 0 Å². The number of anilines is 1. The number of aliphatic carboxylic acids is 1. The van der Waals surface area contributed by atoms with Crippen molar-refractivity contribution in [3.8, 4) is 0 Å². The van der Waals surface area contributed by atoms with E-state index in [9.17, 15) is 14.7 Å². The van der Waals surface area contributed by atoms with Gasteiger partial charge in [-0.1, -0.05) is 31.0 Å². The maximum Gasteiger partial charge on any atom is 0.230 e. The van der Waals surface area contributed by atoms with Crippen LogP contribution in [-0.2, 0) is 9.59 Å². The quantitative estimate of drug-likeness (QED) is 0.683. The molecule has 0 aliphatic carbocycles. The molecule has 5 nitrogen and oxygen atoms in total. The van der Waals surface area contributed by atoms with Crippen molar-refractivity contribution >= 4 is 17.6 Å². The molecule has 0 unspecified atom stereocenters. The number of nitrogens with two attached hydrogens (primary N) is 1. The fourth-order valence-corrected chi connectivity index (χ4v) is 2.55. The summed E-state index contributed by atoms with van der Waals surface area (Å²) < 4.78 is 0. The van der Waals surface area contributed by atoms with Crippen LogP contribution in [0.4, 0.5) is 5.69 Å². The number of rotatable bonds is 8. The van der Waals surface area contributed by atoms with E-state index in [1.807, 2.05) is 39.8 Å². The van der Waals surface area contributed by atoms with Crippen LogP contribution in [0, 0.1) is 20.8 Å². The first-order valence-corrected chi connectivity index (χ1v) is 7.77. The molecule has 0 saturated carbocycles. The van der Waals surface area contributed by atoms with Crippen LogP contribution in [0.5, 0.6) is 0 Å². The molecule has 0 aliphatic heterocycles. The number of benzene rings is 1. The largest absolute Gasteiger partial charge is 0.544 e. The average molecular weight is 306 g/mol. The number of nitrogens with one attached hydrogen (secondary N) is 1. The summed E-state index contributed by atoms with van der Waals surface area (Å²) in [5, 5.41) is 15.6. The number of hydrogen-bond donors (Lipinski definition) is 2. The zero-order valence-electron chi connectivity index (χ0n) is 13.9. The van der Waals surface area contributed by atoms with E-state index in [1.165, 1.54) is 0 Å². The second-order valence-electron chi connectivity index (χ2n) is 5.83. The zero-order valence-corrected chi connectivity index (χ0v) is 13.9. The zero-order chi connectivity index (χ0) is 16.7. The summed E-state index contributed by atoms with van der Waals surface area (Å²) >= 11 is 0. The fourth-order valence-electron chi connectivity index (χ4n) is 2.55. The van der Waals surface area contributed by atoms with E-state index in [0.29, 0.717) is 6.54 Å². The lowest BCUT2D eigenvalue weighted by Crippen LogP contribution is -2.93. The van der Waals surface area contributed by atoms with Gasteiger partial charge in [-0.15, -0.1) is 0 Å². The monoisotopic (exact) mass is 306 g/mol. The molecule has 0 radical (unpaired) electrons. The fraction of sp³-hybridized carbons (Fsp3) is 0.529. The molecule has 0 saturated heterocycles. The lowest BCUT2D eigenvalue weighted by molar-refractivity contribution is -0.682. The summed E-state index contributed by atoms with van der Waals surface area (Å²) in [4.78, 5) is 23.3. The number of amides is 1. The third-order valence-corrected chi connectivity index (χ3v) is 3.66. The molecule has 1 rings (SSSR count). The molecule has 0 fully saturated rings. The SMILES string of the molecule is CCCC[NH2+][C@H](CC(=O)Nc1c(C)cc(C)cc1C)C(=O)[O-]. The molecule has 3 N–H and O–H groups in total. The van der Waals surface area contributed by atoms with E-state index in [0.717, 1.165) is 35.2 Å². The molecule has 1 atom stereocenters. The molecule has 0 heterocycles. The van der Waals surface area contributed by atoms with Crippen molar-refractivity contribution < 1.29 is 20.0 Å². The molecular formula is C17H26N2O3. The number of aryl methyl sites for hydroxylation is 3. The topological polar surface area (TPSA) is 85.8 Å². The summed E-state index contributed by atoms with van der Waals surface area (Å²) in [6.45, 7) is 8.58. The molecule has 1 aromatic carbocycles. The van der Waals surface area contributed by atoms with Crippen LogP contribution in [0.2, 0.25) is 0 Å². The normalized spacial score (nSPS) is 12.0. The first-order valence-electron chi connectivity index (χ1n) is 7.77. The van der Waals surface area contributed by atoms with Gasteiger partial charge in [0.25, 0.3) is 0 Å². The van der Waals surface area contributed by atoms with Gasteiger partial charge in [0.2, 0.25) is 5.91 Å². The van der Waals surface area contributed by atoms with Gasteiger partial charge in [-0.25, -0.2) is 0 Å². The second kappa shape index (κ2) is 8.54. The van der Waals surface area contributed by atoms with Crippen molar-refractivity contribution in [2.45, 2.75) is 53.0 Å². The first-order chi connectivity index (χ1) is 10.3. The number of carboxylic acids is 1. The lowest BCUT2D eigenvalue weighted by atomic mass is 10.0. The summed E-state index contributed by atoms with van der Waals surface area (Å²) in [6, 6.07) is 3.15. The molecule has 22 heavy (non-hydrogen) atoms. The molecule has 0 bridgehead atoms. The standard InChI is InChI=1S/C17H26N2O3/c1-5-6-7-18-14(17(21)22)10-15(20)19-16-12(3)8-11(2)9-13(16)4/h8-9,14,18H,5-7,10H2,1-4H3,(H,19,20)(H,21,22)/t14-/m1/s1. The Labute approximate surface area is 132 Å². The average Bonchev–Trinajstić information content (AvgIpc) is 2.41. The van der Waals surface area contributed by atoms with Crippen molar-refractivity contribution in [1.29, 1.82) is 0 Å². The molecule has 1 amide bonds. The number of quaternary nitrogens is 1. The highest BCUT2D eigenvalue weighted by molar-refractivity contribution is 5.94. The van der Waals surface area contributed by atoms with Crippen LogP contribution < -0.4 is 15.7 Å². The second-order valence-corrected chi connectivity index (χ2v) is 5.83. The molecular weight excluding hydrogens is 280 g/mol. The molecule has 0 spiro atoms. The number of carbonyl (C=O) groups is 2. The number of hydrogen-bond acceptors (Lipinski definition) is 3. The minimum absolute atomic E-state index is 0.0845. The Kier molecular flexibility index (Phi) is 7.05. The van der Waals surface area contributed by atoms with Gasteiger partial charge in [0.1, 0.15) is 6.04 Å². The van der Waals surface area contributed by atoms with Gasteiger partial charge in [-0.05, 0) is 38.3 Å². The van der Waals surface area contributed by atoms with Crippen LogP contribution in [0.3, 0.4) is 0 Å². The maximum absolute atomic E-state index is 12.1. The van der Waals surface area contributed by atoms with E-state index in [-0.39, 0.29) is 12.3 Å². The summed E-state index contributed by atoms with van der Waals surface area (Å²) in [7, 11) is 0. The van der Waals surface area contributed by atoms with Crippen molar-refractivity contribution in [3.05, 3.63) is 28.8 Å². The molecule has 1 aromatic rings. The van der Waals surface area contributed by atoms with Gasteiger partial charge >= 0.3 is 0 Å². The summed E-state index contributed by atoms with van der Waals surface area (Å²) in [6.07, 6.45) is 1.82. The van der Waals surface area contributed by atoms with Crippen molar-refractivity contribution in [2.75, 3.05) is 11.9 Å². The van der Waals surface area contributed by atoms with Gasteiger partial charge in [-0.2, -0.15) is 0 Å². The van der Waals surface area contributed by atoms with Crippen molar-refractivity contribution in [1.82, 2.24) is 0 Å². The first kappa shape index (κ1) is 18.2. The van der Waals surface area contributed by atoms with Crippen LogP contribution in [0.25, 0.3) is 0 Å². The Bertz CT molecular complexity index is 518. The highest BCUT2D eigenvalue weighted by Gasteiger charge is 2.19. The van der Waals surface area contributed by atoms with Crippen molar-refractivity contribution in [2.24, 2.45) is 0 Å². The van der Waals surface area contributed by atoms with Crippen LogP contribution in [-0.4, -0.2) is 24.5 Å².